The molecule has 2 aromatic carbocycles. The quantitative estimate of drug-likeness (QED) is 0.557. The maximum atomic E-state index is 5.77. The van der Waals surface area contributed by atoms with Crippen LogP contribution in [0.5, 0.6) is 0 Å². The zero-order chi connectivity index (χ0) is 18.7. The Kier molecular flexibility index (Phi) is 5.40. The zero-order valence-corrected chi connectivity index (χ0v) is 16.3. The van der Waals surface area contributed by atoms with Gasteiger partial charge < -0.3 is 9.74 Å². The second-order valence-corrected chi connectivity index (χ2v) is 7.02. The lowest BCUT2D eigenvalue weighted by Gasteiger charge is -2.15. The summed E-state index contributed by atoms with van der Waals surface area (Å²) in [5, 5.41) is 4.34. The predicted molar refractivity (Wildman–Crippen MR) is 109 cm³/mol. The predicted octanol–water partition coefficient (Wildman–Crippen LogP) is 5.09. The Bertz CT molecular complexity index is 837. The smallest absolute Gasteiger partial charge is 0.158 e. The van der Waals surface area contributed by atoms with E-state index in [9.17, 15) is 0 Å². The first-order valence-electron chi connectivity index (χ1n) is 9.13. The molecule has 1 unspecified atom stereocenters. The molecule has 1 atom stereocenters. The van der Waals surface area contributed by atoms with Crippen LogP contribution in [0.2, 0.25) is 0 Å². The average molecular weight is 349 g/mol. The Labute approximate surface area is 156 Å². The topological polar surface area (TPSA) is 37.2 Å². The Morgan fingerprint density at radius 3 is 2.58 bits per heavy atom. The van der Waals surface area contributed by atoms with Crippen molar-refractivity contribution in [2.75, 3.05) is 13.6 Å². The molecule has 136 valence electrons. The molecule has 0 aliphatic carbocycles. The van der Waals surface area contributed by atoms with E-state index in [1.807, 2.05) is 13.4 Å². The molecule has 0 amide bonds. The Balaban J connectivity index is 1.77. The molecule has 0 bridgehead atoms. The van der Waals surface area contributed by atoms with Gasteiger partial charge in [0.1, 0.15) is 0 Å². The molecule has 0 fully saturated rings. The molecule has 0 spiro atoms. The van der Waals surface area contributed by atoms with Gasteiger partial charge in [0.2, 0.25) is 0 Å². The van der Waals surface area contributed by atoms with Crippen LogP contribution in [0.25, 0.3) is 0 Å². The highest BCUT2D eigenvalue weighted by molar-refractivity contribution is 6.01. The van der Waals surface area contributed by atoms with E-state index < -0.39 is 0 Å². The van der Waals surface area contributed by atoms with E-state index >= 15 is 0 Å². The summed E-state index contributed by atoms with van der Waals surface area (Å²) in [5.74, 6) is 0. The van der Waals surface area contributed by atoms with Crippen molar-refractivity contribution in [3.05, 3.63) is 64.2 Å². The van der Waals surface area contributed by atoms with Crippen LogP contribution in [-0.2, 0) is 4.84 Å². The summed E-state index contributed by atoms with van der Waals surface area (Å²) in [7, 11) is 2.02. The van der Waals surface area contributed by atoms with Crippen LogP contribution in [0.3, 0.4) is 0 Å². The van der Waals surface area contributed by atoms with Crippen LogP contribution >= 0.6 is 0 Å². The van der Waals surface area contributed by atoms with Crippen molar-refractivity contribution in [3.8, 4) is 0 Å². The van der Waals surface area contributed by atoms with Crippen LogP contribution in [0.15, 0.2) is 46.5 Å². The zero-order valence-electron chi connectivity index (χ0n) is 16.3. The SMILES string of the molecule is CCN(C)C=Nc1cc(C)c(C2CC(c3ccc(C)cc3)=NO2)cc1C. The van der Waals surface area contributed by atoms with Gasteiger partial charge >= 0.3 is 0 Å². The van der Waals surface area contributed by atoms with Gasteiger partial charge in [0.15, 0.2) is 6.10 Å². The second kappa shape index (κ2) is 7.73. The minimum atomic E-state index is -0.0265. The maximum absolute atomic E-state index is 5.77. The molecular formula is C22H27N3O. The molecule has 0 saturated heterocycles. The van der Waals surface area contributed by atoms with Gasteiger partial charge in [-0.1, -0.05) is 35.0 Å². The lowest BCUT2D eigenvalue weighted by molar-refractivity contribution is 0.0852. The van der Waals surface area contributed by atoms with Crippen molar-refractivity contribution >= 4 is 17.7 Å². The average Bonchev–Trinajstić information content (AvgIpc) is 3.12. The van der Waals surface area contributed by atoms with Crippen LogP contribution in [-0.4, -0.2) is 30.5 Å². The first kappa shape index (κ1) is 18.2. The van der Waals surface area contributed by atoms with E-state index in [1.165, 1.54) is 16.7 Å². The van der Waals surface area contributed by atoms with Gasteiger partial charge in [-0.25, -0.2) is 4.99 Å². The molecule has 1 aliphatic heterocycles. The van der Waals surface area contributed by atoms with Gasteiger partial charge in [0, 0.05) is 20.0 Å². The lowest BCUT2D eigenvalue weighted by atomic mass is 9.95. The normalized spacial score (nSPS) is 16.7. The van der Waals surface area contributed by atoms with Crippen LogP contribution in [0.1, 0.15) is 47.3 Å². The maximum Gasteiger partial charge on any atom is 0.158 e. The molecule has 3 rings (SSSR count). The summed E-state index contributed by atoms with van der Waals surface area (Å²) in [6.45, 7) is 9.35. The molecule has 0 N–H and O–H groups in total. The number of aryl methyl sites for hydroxylation is 3. The van der Waals surface area contributed by atoms with E-state index in [4.69, 9.17) is 4.84 Å². The summed E-state index contributed by atoms with van der Waals surface area (Å²) in [5.41, 5.74) is 7.93. The number of aliphatic imine (C=N–C) groups is 1. The molecule has 4 heteroatoms. The third-order valence-electron chi connectivity index (χ3n) is 4.88. The van der Waals surface area contributed by atoms with Crippen molar-refractivity contribution in [2.24, 2.45) is 10.1 Å². The van der Waals surface area contributed by atoms with Crippen LogP contribution < -0.4 is 0 Å². The number of oxime groups is 1. The lowest BCUT2D eigenvalue weighted by Crippen LogP contribution is -2.14. The molecule has 26 heavy (non-hydrogen) atoms. The fourth-order valence-electron chi connectivity index (χ4n) is 3.01. The molecule has 2 aromatic rings. The number of benzene rings is 2. The fourth-order valence-corrected chi connectivity index (χ4v) is 3.01. The first-order chi connectivity index (χ1) is 12.5. The Hall–Kier alpha value is -2.62. The van der Waals surface area contributed by atoms with E-state index in [-0.39, 0.29) is 6.10 Å². The van der Waals surface area contributed by atoms with Gasteiger partial charge in [-0.2, -0.15) is 0 Å². The summed E-state index contributed by atoms with van der Waals surface area (Å²) in [6.07, 6.45) is 2.65. The molecular weight excluding hydrogens is 322 g/mol. The number of rotatable bonds is 5. The summed E-state index contributed by atoms with van der Waals surface area (Å²) < 4.78 is 0. The van der Waals surface area contributed by atoms with Gasteiger partial charge in [-0.3, -0.25) is 0 Å². The number of hydrogen-bond donors (Lipinski definition) is 0. The van der Waals surface area contributed by atoms with E-state index in [0.717, 1.165) is 35.5 Å². The molecule has 1 aliphatic rings. The van der Waals surface area contributed by atoms with Crippen molar-refractivity contribution in [1.82, 2.24) is 4.90 Å². The van der Waals surface area contributed by atoms with E-state index in [0.29, 0.717) is 0 Å². The van der Waals surface area contributed by atoms with Crippen LogP contribution in [0, 0.1) is 20.8 Å². The number of hydrogen-bond acceptors (Lipinski definition) is 3. The highest BCUT2D eigenvalue weighted by Gasteiger charge is 2.25. The third-order valence-corrected chi connectivity index (χ3v) is 4.88. The minimum Gasteiger partial charge on any atom is -0.387 e. The van der Waals surface area contributed by atoms with Gasteiger partial charge in [0.05, 0.1) is 17.7 Å². The molecule has 0 radical (unpaired) electrons. The minimum absolute atomic E-state index is 0.0265. The van der Waals surface area contributed by atoms with E-state index in [2.05, 4.69) is 79.1 Å². The standard InChI is InChI=1S/C22H27N3O/c1-6-25(5)14-23-20-12-16(3)19(11-17(20)4)22-13-21(24-26-22)18-9-7-15(2)8-10-18/h7-12,14,22H,6,13H2,1-5H3. The summed E-state index contributed by atoms with van der Waals surface area (Å²) >= 11 is 0. The Morgan fingerprint density at radius 2 is 1.88 bits per heavy atom. The summed E-state index contributed by atoms with van der Waals surface area (Å²) in [4.78, 5) is 12.4. The fraction of sp³-hybridized carbons (Fsp3) is 0.364. The van der Waals surface area contributed by atoms with Gasteiger partial charge in [-0.15, -0.1) is 0 Å². The third kappa shape index (κ3) is 3.96. The van der Waals surface area contributed by atoms with Crippen molar-refractivity contribution in [2.45, 2.75) is 40.2 Å². The highest BCUT2D eigenvalue weighted by Crippen LogP contribution is 2.34. The molecule has 4 nitrogen and oxygen atoms in total. The molecule has 0 saturated carbocycles. The van der Waals surface area contributed by atoms with Crippen LogP contribution in [0.4, 0.5) is 5.69 Å². The van der Waals surface area contributed by atoms with Gasteiger partial charge in [-0.05, 0) is 62.1 Å². The monoisotopic (exact) mass is 349 g/mol. The van der Waals surface area contributed by atoms with Crippen molar-refractivity contribution in [1.29, 1.82) is 0 Å². The highest BCUT2D eigenvalue weighted by atomic mass is 16.6. The first-order valence-corrected chi connectivity index (χ1v) is 9.13. The summed E-state index contributed by atoms with van der Waals surface area (Å²) in [6, 6.07) is 12.8. The molecule has 0 aromatic heterocycles. The Morgan fingerprint density at radius 1 is 1.15 bits per heavy atom. The largest absolute Gasteiger partial charge is 0.387 e. The van der Waals surface area contributed by atoms with Gasteiger partial charge in [0.25, 0.3) is 0 Å². The van der Waals surface area contributed by atoms with Crippen molar-refractivity contribution in [3.63, 3.8) is 0 Å². The number of nitrogens with zero attached hydrogens (tertiary/aromatic N) is 3. The molecule has 1 heterocycles. The van der Waals surface area contributed by atoms with Crippen molar-refractivity contribution < 1.29 is 4.84 Å². The van der Waals surface area contributed by atoms with E-state index in [1.54, 1.807) is 0 Å². The second-order valence-electron chi connectivity index (χ2n) is 7.02.